The van der Waals surface area contributed by atoms with E-state index in [2.05, 4.69) is 84.2 Å². The van der Waals surface area contributed by atoms with Crippen molar-refractivity contribution in [1.82, 2.24) is 0 Å². The average Bonchev–Trinajstić information content (AvgIpc) is 2.97. The van der Waals surface area contributed by atoms with Gasteiger partial charge >= 0.3 is 0 Å². The quantitative estimate of drug-likeness (QED) is 0.700. The molecule has 0 nitrogen and oxygen atoms in total. The minimum Gasteiger partial charge on any atom is -0.130 e. The Bertz CT molecular complexity index is 538. The van der Waals surface area contributed by atoms with Crippen LogP contribution in [0.3, 0.4) is 0 Å². The van der Waals surface area contributed by atoms with Crippen LogP contribution in [0.25, 0.3) is 0 Å². The van der Waals surface area contributed by atoms with E-state index in [9.17, 15) is 0 Å². The van der Waals surface area contributed by atoms with Crippen LogP contribution in [0.5, 0.6) is 0 Å². The SMILES string of the molecule is c1ccc(C2(c3ccccc3)S[C@@H]3CCCC[C@H]3S2)cc1. The monoisotopic (exact) mass is 312 g/mol. The van der Waals surface area contributed by atoms with Crippen LogP contribution in [0.2, 0.25) is 0 Å². The van der Waals surface area contributed by atoms with E-state index in [1.165, 1.54) is 36.8 Å². The van der Waals surface area contributed by atoms with Gasteiger partial charge in [0.15, 0.2) is 0 Å². The van der Waals surface area contributed by atoms with Crippen LogP contribution in [0.4, 0.5) is 0 Å². The van der Waals surface area contributed by atoms with Crippen LogP contribution in [0, 0.1) is 0 Å². The number of hydrogen-bond donors (Lipinski definition) is 0. The van der Waals surface area contributed by atoms with Crippen molar-refractivity contribution in [3.8, 4) is 0 Å². The maximum absolute atomic E-state index is 2.31. The molecule has 108 valence electrons. The van der Waals surface area contributed by atoms with Crippen molar-refractivity contribution in [2.75, 3.05) is 0 Å². The number of rotatable bonds is 2. The highest BCUT2D eigenvalue weighted by molar-refractivity contribution is 8.21. The molecule has 0 radical (unpaired) electrons. The Hall–Kier alpha value is -0.860. The lowest BCUT2D eigenvalue weighted by Gasteiger charge is -2.29. The van der Waals surface area contributed by atoms with E-state index in [-0.39, 0.29) is 4.08 Å². The first-order valence-corrected chi connectivity index (χ1v) is 9.61. The lowest BCUT2D eigenvalue weighted by molar-refractivity contribution is 0.532. The molecule has 0 spiro atoms. The van der Waals surface area contributed by atoms with Crippen molar-refractivity contribution in [3.63, 3.8) is 0 Å². The summed E-state index contributed by atoms with van der Waals surface area (Å²) in [5.74, 6) is 0. The summed E-state index contributed by atoms with van der Waals surface area (Å²) in [5, 5.41) is 1.65. The molecule has 2 aromatic carbocycles. The van der Waals surface area contributed by atoms with E-state index in [0.29, 0.717) is 0 Å². The van der Waals surface area contributed by atoms with Gasteiger partial charge in [0.25, 0.3) is 0 Å². The van der Waals surface area contributed by atoms with Gasteiger partial charge in [-0.05, 0) is 24.0 Å². The van der Waals surface area contributed by atoms with Gasteiger partial charge in [0.1, 0.15) is 4.08 Å². The predicted octanol–water partition coefficient (Wildman–Crippen LogP) is 5.68. The van der Waals surface area contributed by atoms with Gasteiger partial charge < -0.3 is 0 Å². The maximum atomic E-state index is 2.31. The van der Waals surface area contributed by atoms with Crippen LogP contribution in [-0.2, 0) is 4.08 Å². The maximum Gasteiger partial charge on any atom is 0.112 e. The third-order valence-electron chi connectivity index (χ3n) is 4.58. The van der Waals surface area contributed by atoms with Crippen LogP contribution in [-0.4, -0.2) is 10.5 Å². The van der Waals surface area contributed by atoms with Crippen molar-refractivity contribution in [2.24, 2.45) is 0 Å². The third-order valence-corrected chi connectivity index (χ3v) is 8.67. The highest BCUT2D eigenvalue weighted by atomic mass is 32.2. The van der Waals surface area contributed by atoms with E-state index >= 15 is 0 Å². The summed E-state index contributed by atoms with van der Waals surface area (Å²) in [6, 6.07) is 22.2. The second kappa shape index (κ2) is 5.73. The van der Waals surface area contributed by atoms with Crippen molar-refractivity contribution in [3.05, 3.63) is 71.8 Å². The predicted molar refractivity (Wildman–Crippen MR) is 94.9 cm³/mol. The van der Waals surface area contributed by atoms with Crippen molar-refractivity contribution in [1.29, 1.82) is 0 Å². The Balaban J connectivity index is 1.81. The Labute approximate surface area is 135 Å². The van der Waals surface area contributed by atoms with Gasteiger partial charge in [-0.15, -0.1) is 23.5 Å². The van der Waals surface area contributed by atoms with Crippen LogP contribution in [0.15, 0.2) is 60.7 Å². The molecule has 21 heavy (non-hydrogen) atoms. The fourth-order valence-electron chi connectivity index (χ4n) is 3.54. The fraction of sp³-hybridized carbons (Fsp3) is 0.368. The first-order valence-electron chi connectivity index (χ1n) is 7.85. The Morgan fingerprint density at radius 3 is 1.52 bits per heavy atom. The zero-order chi connectivity index (χ0) is 14.1. The number of thioether (sulfide) groups is 2. The zero-order valence-electron chi connectivity index (χ0n) is 12.1. The lowest BCUT2D eigenvalue weighted by Crippen LogP contribution is -2.19. The molecule has 0 N–H and O–H groups in total. The molecule has 1 aliphatic heterocycles. The van der Waals surface area contributed by atoms with Crippen LogP contribution < -0.4 is 0 Å². The minimum absolute atomic E-state index is 0.0994. The van der Waals surface area contributed by atoms with E-state index in [1.54, 1.807) is 0 Å². The van der Waals surface area contributed by atoms with E-state index in [0.717, 1.165) is 10.5 Å². The molecule has 0 amide bonds. The zero-order valence-corrected chi connectivity index (χ0v) is 13.7. The highest BCUT2D eigenvalue weighted by Gasteiger charge is 2.49. The summed E-state index contributed by atoms with van der Waals surface area (Å²) < 4.78 is 0.0994. The molecule has 2 heteroatoms. The van der Waals surface area contributed by atoms with Crippen molar-refractivity contribution < 1.29 is 0 Å². The van der Waals surface area contributed by atoms with Crippen LogP contribution in [0.1, 0.15) is 36.8 Å². The second-order valence-corrected chi connectivity index (χ2v) is 9.11. The Kier molecular flexibility index (Phi) is 3.76. The van der Waals surface area contributed by atoms with Gasteiger partial charge in [0, 0.05) is 10.5 Å². The molecule has 0 unspecified atom stereocenters. The fourth-order valence-corrected chi connectivity index (χ4v) is 7.92. The molecule has 1 heterocycles. The van der Waals surface area contributed by atoms with Crippen LogP contribution >= 0.6 is 23.5 Å². The molecule has 0 bridgehead atoms. The van der Waals surface area contributed by atoms with E-state index < -0.39 is 0 Å². The molecular formula is C19H20S2. The summed E-state index contributed by atoms with van der Waals surface area (Å²) in [5.41, 5.74) is 2.92. The standard InChI is InChI=1S/C19H20S2/c1-3-9-15(10-4-1)19(16-11-5-2-6-12-16)20-17-13-7-8-14-18(17)21-19/h1-6,9-12,17-18H,7-8,13-14H2/t17-,18-/m1/s1. The van der Waals surface area contributed by atoms with Gasteiger partial charge in [-0.1, -0.05) is 73.5 Å². The molecular weight excluding hydrogens is 292 g/mol. The number of benzene rings is 2. The van der Waals surface area contributed by atoms with Gasteiger partial charge in [0.05, 0.1) is 0 Å². The molecule has 1 saturated carbocycles. The Morgan fingerprint density at radius 2 is 1.10 bits per heavy atom. The molecule has 2 aromatic rings. The summed E-state index contributed by atoms with van der Waals surface area (Å²) in [6.45, 7) is 0. The van der Waals surface area contributed by atoms with Crippen molar-refractivity contribution in [2.45, 2.75) is 40.3 Å². The largest absolute Gasteiger partial charge is 0.130 e. The first-order chi connectivity index (χ1) is 10.4. The smallest absolute Gasteiger partial charge is 0.112 e. The molecule has 1 aliphatic carbocycles. The van der Waals surface area contributed by atoms with E-state index in [4.69, 9.17) is 0 Å². The molecule has 2 atom stereocenters. The minimum atomic E-state index is 0.0994. The van der Waals surface area contributed by atoms with Gasteiger partial charge in [-0.3, -0.25) is 0 Å². The highest BCUT2D eigenvalue weighted by Crippen LogP contribution is 2.64. The molecule has 4 rings (SSSR count). The van der Waals surface area contributed by atoms with Gasteiger partial charge in [-0.2, -0.15) is 0 Å². The van der Waals surface area contributed by atoms with Crippen molar-refractivity contribution >= 4 is 23.5 Å². The number of hydrogen-bond acceptors (Lipinski definition) is 2. The summed E-state index contributed by atoms with van der Waals surface area (Å²) >= 11 is 4.42. The van der Waals surface area contributed by atoms with Gasteiger partial charge in [0.2, 0.25) is 0 Å². The second-order valence-electron chi connectivity index (χ2n) is 5.95. The topological polar surface area (TPSA) is 0 Å². The summed E-state index contributed by atoms with van der Waals surface area (Å²) in [4.78, 5) is 0. The summed E-state index contributed by atoms with van der Waals surface area (Å²) in [7, 11) is 0. The molecule has 2 aliphatic rings. The molecule has 0 aromatic heterocycles. The molecule has 2 fully saturated rings. The van der Waals surface area contributed by atoms with Gasteiger partial charge in [-0.25, -0.2) is 0 Å². The Morgan fingerprint density at radius 1 is 0.667 bits per heavy atom. The third kappa shape index (κ3) is 2.43. The first kappa shape index (κ1) is 13.8. The summed E-state index contributed by atoms with van der Waals surface area (Å²) in [6.07, 6.45) is 5.61. The van der Waals surface area contributed by atoms with E-state index in [1.807, 2.05) is 0 Å². The lowest BCUT2D eigenvalue weighted by atomic mass is 10.00. The number of fused-ring (bicyclic) bond motifs is 1. The molecule has 1 saturated heterocycles. The average molecular weight is 313 g/mol. The normalized spacial score (nSPS) is 27.2.